The van der Waals surface area contributed by atoms with Gasteiger partial charge in [0.05, 0.1) is 30.7 Å². The van der Waals surface area contributed by atoms with Crippen molar-refractivity contribution >= 4 is 17.5 Å². The lowest BCUT2D eigenvalue weighted by atomic mass is 9.88. The number of morpholine rings is 1. The van der Waals surface area contributed by atoms with Crippen LogP contribution in [-0.2, 0) is 14.4 Å². The first kappa shape index (κ1) is 18.0. The summed E-state index contributed by atoms with van der Waals surface area (Å²) < 4.78 is 11.3. The van der Waals surface area contributed by atoms with E-state index in [9.17, 15) is 9.59 Å². The smallest absolute Gasteiger partial charge is 0.289 e. The van der Waals surface area contributed by atoms with Crippen molar-refractivity contribution in [1.82, 2.24) is 9.80 Å². The molecule has 0 radical (unpaired) electrons. The molecule has 1 atom stereocenters. The van der Waals surface area contributed by atoms with Crippen LogP contribution >= 0.6 is 0 Å². The molecule has 146 valence electrons. The quantitative estimate of drug-likeness (QED) is 0.785. The molecule has 3 aliphatic rings. The van der Waals surface area contributed by atoms with Crippen molar-refractivity contribution in [1.29, 1.82) is 0 Å². The maximum Gasteiger partial charge on any atom is 0.289 e. The number of nitrogens with zero attached hydrogens (tertiary/aromatic N) is 3. The number of hydrogen-bond donors (Lipinski definition) is 0. The largest absolute Gasteiger partial charge is 0.459 e. The number of rotatable bonds is 2. The van der Waals surface area contributed by atoms with E-state index < -0.39 is 11.2 Å². The lowest BCUT2D eigenvalue weighted by Gasteiger charge is -2.47. The third-order valence-electron chi connectivity index (χ3n) is 5.68. The van der Waals surface area contributed by atoms with Gasteiger partial charge in [0, 0.05) is 26.1 Å². The molecule has 0 aliphatic carbocycles. The van der Waals surface area contributed by atoms with Crippen molar-refractivity contribution < 1.29 is 23.6 Å². The summed E-state index contributed by atoms with van der Waals surface area (Å²) >= 11 is 0. The Balaban J connectivity index is 1.38. The molecule has 2 fully saturated rings. The number of ether oxygens (including phenoxy) is 1. The fourth-order valence-electron chi connectivity index (χ4n) is 4.17. The van der Waals surface area contributed by atoms with Gasteiger partial charge in [-0.05, 0) is 38.8 Å². The number of furan rings is 1. The van der Waals surface area contributed by atoms with Crippen molar-refractivity contribution in [3.63, 3.8) is 0 Å². The second-order valence-electron chi connectivity index (χ2n) is 7.85. The summed E-state index contributed by atoms with van der Waals surface area (Å²) in [6.07, 6.45) is 3.41. The molecule has 0 N–H and O–H groups in total. The average Bonchev–Trinajstić information content (AvgIpc) is 3.32. The van der Waals surface area contributed by atoms with Gasteiger partial charge in [-0.1, -0.05) is 5.16 Å². The number of piperidine rings is 1. The fraction of sp³-hybridized carbons (Fsp3) is 0.632. The van der Waals surface area contributed by atoms with Gasteiger partial charge >= 0.3 is 0 Å². The number of carbonyl (C=O) groups is 2. The molecular weight excluding hydrogens is 350 g/mol. The summed E-state index contributed by atoms with van der Waals surface area (Å²) in [4.78, 5) is 34.5. The first-order valence-corrected chi connectivity index (χ1v) is 9.39. The Kier molecular flexibility index (Phi) is 4.46. The van der Waals surface area contributed by atoms with Crippen LogP contribution in [0.5, 0.6) is 0 Å². The second kappa shape index (κ2) is 6.67. The molecule has 0 aromatic carbocycles. The monoisotopic (exact) mass is 375 g/mol. The highest BCUT2D eigenvalue weighted by molar-refractivity contribution is 5.94. The number of oxime groups is 1. The average molecular weight is 375 g/mol. The minimum atomic E-state index is -0.900. The normalized spacial score (nSPS) is 27.4. The van der Waals surface area contributed by atoms with E-state index in [1.165, 1.54) is 6.26 Å². The third kappa shape index (κ3) is 3.34. The van der Waals surface area contributed by atoms with Crippen LogP contribution in [0.15, 0.2) is 28.0 Å². The van der Waals surface area contributed by atoms with Gasteiger partial charge in [-0.2, -0.15) is 0 Å². The predicted octanol–water partition coefficient (Wildman–Crippen LogP) is 1.67. The van der Waals surface area contributed by atoms with E-state index >= 15 is 0 Å². The lowest BCUT2D eigenvalue weighted by molar-refractivity contribution is -0.164. The Labute approximate surface area is 158 Å². The standard InChI is InChI=1S/C19H25N3O5/c1-14-12-18(2,27-20-14)17(24)21-7-5-19(6-8-21)13-22(9-11-26-19)16(23)15-4-3-10-25-15/h3-4,10H,5-9,11-13H2,1-2H3. The molecule has 0 bridgehead atoms. The Bertz CT molecular complexity index is 751. The molecule has 3 aliphatic heterocycles. The molecule has 4 heterocycles. The van der Waals surface area contributed by atoms with Crippen molar-refractivity contribution in [2.75, 3.05) is 32.8 Å². The van der Waals surface area contributed by atoms with E-state index in [1.807, 2.05) is 11.8 Å². The lowest BCUT2D eigenvalue weighted by Crippen LogP contribution is -2.60. The van der Waals surface area contributed by atoms with Crippen LogP contribution < -0.4 is 0 Å². The van der Waals surface area contributed by atoms with Gasteiger partial charge in [0.15, 0.2) is 5.76 Å². The van der Waals surface area contributed by atoms with Crippen molar-refractivity contribution in [2.45, 2.75) is 44.3 Å². The SMILES string of the molecule is CC1=NOC(C)(C(=O)N2CCC3(CC2)CN(C(=O)c2ccco2)CCO3)C1. The van der Waals surface area contributed by atoms with E-state index in [2.05, 4.69) is 5.16 Å². The molecule has 1 aromatic rings. The maximum atomic E-state index is 12.9. The summed E-state index contributed by atoms with van der Waals surface area (Å²) in [5.41, 5.74) is -0.466. The fourth-order valence-corrected chi connectivity index (χ4v) is 4.17. The van der Waals surface area contributed by atoms with Gasteiger partial charge in [0.25, 0.3) is 11.8 Å². The number of likely N-dealkylation sites (tertiary alicyclic amines) is 1. The minimum Gasteiger partial charge on any atom is -0.459 e. The molecule has 27 heavy (non-hydrogen) atoms. The van der Waals surface area contributed by atoms with Gasteiger partial charge in [-0.3, -0.25) is 9.59 Å². The van der Waals surface area contributed by atoms with Crippen LogP contribution in [0.4, 0.5) is 0 Å². The molecule has 8 nitrogen and oxygen atoms in total. The molecule has 1 spiro atoms. The molecule has 2 saturated heterocycles. The zero-order valence-corrected chi connectivity index (χ0v) is 15.8. The van der Waals surface area contributed by atoms with Crippen molar-refractivity contribution in [2.24, 2.45) is 5.16 Å². The number of amides is 2. The van der Waals surface area contributed by atoms with Gasteiger partial charge in [0.1, 0.15) is 0 Å². The van der Waals surface area contributed by atoms with Gasteiger partial charge in [-0.25, -0.2) is 0 Å². The summed E-state index contributed by atoms with van der Waals surface area (Å²) in [5.74, 6) is 0.208. The molecular formula is C19H25N3O5. The first-order chi connectivity index (χ1) is 12.9. The predicted molar refractivity (Wildman–Crippen MR) is 96.3 cm³/mol. The molecule has 2 amide bonds. The van der Waals surface area contributed by atoms with Crippen LogP contribution in [0.25, 0.3) is 0 Å². The number of carbonyl (C=O) groups excluding carboxylic acids is 2. The molecule has 4 rings (SSSR count). The van der Waals surface area contributed by atoms with E-state index in [1.54, 1.807) is 24.0 Å². The highest BCUT2D eigenvalue weighted by Gasteiger charge is 2.47. The van der Waals surface area contributed by atoms with Crippen LogP contribution in [0.1, 0.15) is 43.7 Å². The highest BCUT2D eigenvalue weighted by Crippen LogP contribution is 2.33. The van der Waals surface area contributed by atoms with E-state index in [-0.39, 0.29) is 11.8 Å². The van der Waals surface area contributed by atoms with Crippen molar-refractivity contribution in [3.8, 4) is 0 Å². The van der Waals surface area contributed by atoms with Crippen LogP contribution in [0.2, 0.25) is 0 Å². The summed E-state index contributed by atoms with van der Waals surface area (Å²) in [6, 6.07) is 3.39. The Morgan fingerprint density at radius 2 is 1.96 bits per heavy atom. The molecule has 0 saturated carbocycles. The Morgan fingerprint density at radius 1 is 1.19 bits per heavy atom. The zero-order chi connectivity index (χ0) is 19.1. The van der Waals surface area contributed by atoms with E-state index in [4.69, 9.17) is 14.0 Å². The third-order valence-corrected chi connectivity index (χ3v) is 5.68. The van der Waals surface area contributed by atoms with Gasteiger partial charge in [0.2, 0.25) is 5.60 Å². The molecule has 8 heteroatoms. The van der Waals surface area contributed by atoms with E-state index in [0.717, 1.165) is 5.71 Å². The molecule has 1 unspecified atom stereocenters. The zero-order valence-electron chi connectivity index (χ0n) is 15.8. The highest BCUT2D eigenvalue weighted by atomic mass is 16.7. The van der Waals surface area contributed by atoms with Crippen LogP contribution in [0.3, 0.4) is 0 Å². The molecule has 1 aromatic heterocycles. The first-order valence-electron chi connectivity index (χ1n) is 9.39. The summed E-state index contributed by atoms with van der Waals surface area (Å²) in [5, 5.41) is 3.93. The van der Waals surface area contributed by atoms with E-state index in [0.29, 0.717) is 57.8 Å². The summed E-state index contributed by atoms with van der Waals surface area (Å²) in [7, 11) is 0. The Morgan fingerprint density at radius 3 is 2.59 bits per heavy atom. The van der Waals surface area contributed by atoms with Crippen LogP contribution in [0, 0.1) is 0 Å². The topological polar surface area (TPSA) is 84.6 Å². The Hall–Kier alpha value is -2.35. The second-order valence-corrected chi connectivity index (χ2v) is 7.85. The number of hydrogen-bond acceptors (Lipinski definition) is 6. The maximum absolute atomic E-state index is 12.9. The van der Waals surface area contributed by atoms with Crippen LogP contribution in [-0.4, -0.2) is 71.3 Å². The van der Waals surface area contributed by atoms with Gasteiger partial charge < -0.3 is 23.8 Å². The minimum absolute atomic E-state index is 0.0303. The summed E-state index contributed by atoms with van der Waals surface area (Å²) in [6.45, 7) is 6.38. The van der Waals surface area contributed by atoms with Gasteiger partial charge in [-0.15, -0.1) is 0 Å². The van der Waals surface area contributed by atoms with Crippen molar-refractivity contribution in [3.05, 3.63) is 24.2 Å².